The molecule has 10 heteroatoms. The van der Waals surface area contributed by atoms with Crippen LogP contribution in [0, 0.1) is 5.92 Å². The molecule has 0 bridgehead atoms. The number of hydrogen-bond acceptors (Lipinski definition) is 7. The topological polar surface area (TPSA) is 100 Å². The first-order valence-corrected chi connectivity index (χ1v) is 21.1. The zero-order valence-electron chi connectivity index (χ0n) is 32.6. The number of benzene rings is 5. The molecule has 5 aromatic carbocycles. The quantitative estimate of drug-likeness (QED) is 0.0717. The van der Waals surface area contributed by atoms with Gasteiger partial charge in [0.25, 0.3) is 0 Å². The lowest BCUT2D eigenvalue weighted by Crippen LogP contribution is -2.50. The van der Waals surface area contributed by atoms with Crippen LogP contribution < -0.4 is 26.7 Å². The molecule has 1 aliphatic heterocycles. The molecular weight excluding hydrogens is 720 g/mol. The Labute approximate surface area is 331 Å². The number of carbonyl (C=O) groups is 3. The van der Waals surface area contributed by atoms with Crippen LogP contribution in [0.15, 0.2) is 146 Å². The first-order valence-electron chi connectivity index (χ1n) is 19.1. The highest BCUT2D eigenvalue weighted by Gasteiger charge is 2.56. The lowest BCUT2D eigenvalue weighted by molar-refractivity contribution is -0.149. The van der Waals surface area contributed by atoms with Gasteiger partial charge in [-0.05, 0) is 69.2 Å². The van der Waals surface area contributed by atoms with Crippen LogP contribution in [0.2, 0.25) is 0 Å². The molecule has 1 unspecified atom stereocenters. The second-order valence-electron chi connectivity index (χ2n) is 15.1. The molecule has 5 aromatic rings. The predicted molar refractivity (Wildman–Crippen MR) is 224 cm³/mol. The standard InChI is InChI=1S/C46H49BNO7P/c1-45(2)46(3,4)55-47(54-45)40-27-17-18-28-41(40)56(38-23-13-7-14-24-38,39-25-15-8-16-26-39)34-37(44(51)53-33-36-21-11-6-12-22-36)31-48-42(49)29-30-43(50)52-32-35-19-9-5-10-20-35/h5-28,37H,29-34H2,1-4H3/p+1. The Hall–Kier alpha value is -5.08. The number of carbonyl (C=O) groups excluding carboxylic acids is 3. The van der Waals surface area contributed by atoms with Crippen LogP contribution in [0.25, 0.3) is 0 Å². The van der Waals surface area contributed by atoms with Gasteiger partial charge in [-0.25, -0.2) is 0 Å². The summed E-state index contributed by atoms with van der Waals surface area (Å²) in [7, 11) is -3.41. The molecule has 0 saturated carbocycles. The van der Waals surface area contributed by atoms with Gasteiger partial charge in [-0.2, -0.15) is 0 Å². The molecule has 1 atom stereocenters. The Balaban J connectivity index is 1.35. The van der Waals surface area contributed by atoms with E-state index in [0.717, 1.165) is 32.5 Å². The van der Waals surface area contributed by atoms with Gasteiger partial charge in [-0.1, -0.05) is 115 Å². The van der Waals surface area contributed by atoms with Gasteiger partial charge in [-0.15, -0.1) is 0 Å². The Bertz CT molecular complexity index is 2010. The molecule has 56 heavy (non-hydrogen) atoms. The van der Waals surface area contributed by atoms with Crippen molar-refractivity contribution in [2.45, 2.75) is 65.0 Å². The SMILES string of the molecule is CC1(C)OB(c2ccccc2[P+](CC(CNC(=O)CCC(=O)OCc2ccccc2)C(=O)OCc2ccccc2)(c2ccccc2)c2ccccc2)OC1(C)C. The van der Waals surface area contributed by atoms with Gasteiger partial charge in [0.05, 0.1) is 23.8 Å². The average molecular weight is 771 g/mol. The van der Waals surface area contributed by atoms with Crippen LogP contribution in [-0.4, -0.2) is 48.9 Å². The molecule has 0 aromatic heterocycles. The van der Waals surface area contributed by atoms with Crippen LogP contribution in [0.5, 0.6) is 0 Å². The Morgan fingerprint density at radius 1 is 0.625 bits per heavy atom. The van der Waals surface area contributed by atoms with Crippen molar-refractivity contribution in [1.82, 2.24) is 5.32 Å². The molecule has 0 radical (unpaired) electrons. The Morgan fingerprint density at radius 2 is 1.09 bits per heavy atom. The van der Waals surface area contributed by atoms with Crippen molar-refractivity contribution in [3.05, 3.63) is 157 Å². The number of nitrogens with one attached hydrogen (secondary N) is 1. The van der Waals surface area contributed by atoms with Crippen molar-refractivity contribution in [3.8, 4) is 0 Å². The van der Waals surface area contributed by atoms with Gasteiger partial charge in [0.2, 0.25) is 5.91 Å². The minimum absolute atomic E-state index is 0.00555. The van der Waals surface area contributed by atoms with E-state index in [1.807, 2.05) is 137 Å². The highest BCUT2D eigenvalue weighted by molar-refractivity contribution is 7.96. The summed E-state index contributed by atoms with van der Waals surface area (Å²) in [6, 6.07) is 47.6. The summed E-state index contributed by atoms with van der Waals surface area (Å²) >= 11 is 0. The van der Waals surface area contributed by atoms with Gasteiger partial charge in [0.15, 0.2) is 0 Å². The predicted octanol–water partition coefficient (Wildman–Crippen LogP) is 6.28. The third-order valence-corrected chi connectivity index (χ3v) is 15.2. The lowest BCUT2D eigenvalue weighted by atomic mass is 9.79. The molecule has 6 rings (SSSR count). The molecule has 1 saturated heterocycles. The third kappa shape index (κ3) is 9.65. The van der Waals surface area contributed by atoms with E-state index in [4.69, 9.17) is 18.8 Å². The number of rotatable bonds is 16. The number of amides is 1. The fourth-order valence-electron chi connectivity index (χ4n) is 6.86. The normalized spacial score (nSPS) is 15.1. The van der Waals surface area contributed by atoms with E-state index >= 15 is 0 Å². The highest BCUT2D eigenvalue weighted by atomic mass is 31.2. The summed E-state index contributed by atoms with van der Waals surface area (Å²) in [6.45, 7) is 8.38. The fourth-order valence-corrected chi connectivity index (χ4v) is 11.6. The summed E-state index contributed by atoms with van der Waals surface area (Å²) < 4.78 is 24.8. The van der Waals surface area contributed by atoms with E-state index in [2.05, 4.69) is 41.7 Å². The van der Waals surface area contributed by atoms with E-state index in [-0.39, 0.29) is 38.5 Å². The summed E-state index contributed by atoms with van der Waals surface area (Å²) in [5.41, 5.74) is 1.46. The van der Waals surface area contributed by atoms with E-state index in [1.54, 1.807) is 0 Å². The molecule has 1 heterocycles. The molecule has 288 valence electrons. The van der Waals surface area contributed by atoms with Gasteiger partial charge in [0, 0.05) is 18.4 Å². The average Bonchev–Trinajstić information content (AvgIpc) is 3.45. The smallest absolute Gasteiger partial charge is 0.461 e. The van der Waals surface area contributed by atoms with Crippen LogP contribution in [-0.2, 0) is 46.4 Å². The highest BCUT2D eigenvalue weighted by Crippen LogP contribution is 2.56. The van der Waals surface area contributed by atoms with E-state index in [9.17, 15) is 14.4 Å². The van der Waals surface area contributed by atoms with Crippen molar-refractivity contribution < 1.29 is 33.2 Å². The maximum Gasteiger partial charge on any atom is 0.498 e. The largest absolute Gasteiger partial charge is 0.498 e. The van der Waals surface area contributed by atoms with Crippen molar-refractivity contribution in [2.24, 2.45) is 5.92 Å². The van der Waals surface area contributed by atoms with E-state index in [1.165, 1.54) is 0 Å². The van der Waals surface area contributed by atoms with Gasteiger partial charge in [0.1, 0.15) is 42.3 Å². The van der Waals surface area contributed by atoms with Crippen molar-refractivity contribution in [2.75, 3.05) is 12.7 Å². The molecule has 1 N–H and O–H groups in total. The Kier molecular flexibility index (Phi) is 13.2. The molecule has 1 amide bonds. The lowest BCUT2D eigenvalue weighted by Gasteiger charge is -2.32. The first kappa shape index (κ1) is 40.6. The van der Waals surface area contributed by atoms with Crippen LogP contribution in [0.1, 0.15) is 51.7 Å². The minimum atomic E-state index is -2.75. The van der Waals surface area contributed by atoms with E-state index < -0.39 is 43.4 Å². The first-order chi connectivity index (χ1) is 27.0. The molecule has 8 nitrogen and oxygen atoms in total. The van der Waals surface area contributed by atoms with Crippen molar-refractivity contribution in [1.29, 1.82) is 0 Å². The van der Waals surface area contributed by atoms with Gasteiger partial charge >= 0.3 is 19.1 Å². The second kappa shape index (κ2) is 18.2. The second-order valence-corrected chi connectivity index (χ2v) is 18.6. The van der Waals surface area contributed by atoms with E-state index in [0.29, 0.717) is 6.16 Å². The zero-order chi connectivity index (χ0) is 39.6. The summed E-state index contributed by atoms with van der Waals surface area (Å²) in [4.78, 5) is 40.4. The summed E-state index contributed by atoms with van der Waals surface area (Å²) in [6.07, 6.45) is 0.167. The third-order valence-electron chi connectivity index (χ3n) is 10.6. The fraction of sp³-hybridized carbons (Fsp3) is 0.283. The zero-order valence-corrected chi connectivity index (χ0v) is 33.5. The number of esters is 2. The minimum Gasteiger partial charge on any atom is -0.461 e. The summed E-state index contributed by atoms with van der Waals surface area (Å²) in [5.74, 6) is -2.03. The van der Waals surface area contributed by atoms with Gasteiger partial charge < -0.3 is 24.1 Å². The van der Waals surface area contributed by atoms with Crippen LogP contribution in [0.3, 0.4) is 0 Å². The maximum absolute atomic E-state index is 14.4. The molecular formula is C46H50BNO7P+. The molecule has 0 aliphatic carbocycles. The van der Waals surface area contributed by atoms with Crippen LogP contribution >= 0.6 is 7.26 Å². The molecule has 1 fully saturated rings. The monoisotopic (exact) mass is 770 g/mol. The van der Waals surface area contributed by atoms with Crippen LogP contribution in [0.4, 0.5) is 0 Å². The van der Waals surface area contributed by atoms with Crippen molar-refractivity contribution in [3.63, 3.8) is 0 Å². The number of ether oxygens (including phenoxy) is 2. The molecule has 1 aliphatic rings. The molecule has 0 spiro atoms. The maximum atomic E-state index is 14.4. The summed E-state index contributed by atoms with van der Waals surface area (Å²) in [5, 5.41) is 6.12. The number of hydrogen-bond donors (Lipinski definition) is 1. The van der Waals surface area contributed by atoms with Gasteiger partial charge in [-0.3, -0.25) is 14.4 Å². The van der Waals surface area contributed by atoms with Crippen molar-refractivity contribution >= 4 is 53.6 Å². The Morgan fingerprint density at radius 3 is 1.62 bits per heavy atom.